The van der Waals surface area contributed by atoms with E-state index in [0.29, 0.717) is 12.0 Å². The van der Waals surface area contributed by atoms with E-state index in [1.54, 1.807) is 6.92 Å². The van der Waals surface area contributed by atoms with Crippen molar-refractivity contribution in [2.45, 2.75) is 19.8 Å². The maximum atomic E-state index is 13.4. The fraction of sp³-hybridized carbons (Fsp3) is 0.400. The van der Waals surface area contributed by atoms with E-state index in [2.05, 4.69) is 15.9 Å². The second-order valence-corrected chi connectivity index (χ2v) is 3.96. The molecule has 0 saturated carbocycles. The van der Waals surface area contributed by atoms with Crippen LogP contribution in [0.4, 0.5) is 8.78 Å². The Bertz CT molecular complexity index is 313. The van der Waals surface area contributed by atoms with E-state index in [1.807, 2.05) is 0 Å². The highest BCUT2D eigenvalue weighted by Crippen LogP contribution is 2.25. The maximum absolute atomic E-state index is 13.4. The smallest absolute Gasteiger partial charge is 0.143 e. The van der Waals surface area contributed by atoms with E-state index >= 15 is 0 Å². The van der Waals surface area contributed by atoms with Crippen LogP contribution in [0.3, 0.4) is 0 Å². The Labute approximate surface area is 89.9 Å². The van der Waals surface area contributed by atoms with Gasteiger partial charge in [0.05, 0.1) is 4.47 Å². The highest BCUT2D eigenvalue weighted by Gasteiger charge is 2.14. The third kappa shape index (κ3) is 2.30. The summed E-state index contributed by atoms with van der Waals surface area (Å²) in [7, 11) is 0. The molecule has 14 heavy (non-hydrogen) atoms. The summed E-state index contributed by atoms with van der Waals surface area (Å²) in [4.78, 5) is 0. The van der Waals surface area contributed by atoms with Crippen molar-refractivity contribution in [1.82, 2.24) is 0 Å². The lowest BCUT2D eigenvalue weighted by Crippen LogP contribution is -2.01. The van der Waals surface area contributed by atoms with Crippen LogP contribution in [0.5, 0.6) is 0 Å². The molecule has 0 atom stereocenters. The summed E-state index contributed by atoms with van der Waals surface area (Å²) in [5.41, 5.74) is 0.456. The molecule has 1 nitrogen and oxygen atoms in total. The van der Waals surface area contributed by atoms with E-state index in [1.165, 1.54) is 6.07 Å². The van der Waals surface area contributed by atoms with E-state index in [4.69, 9.17) is 5.11 Å². The molecule has 0 aliphatic heterocycles. The Morgan fingerprint density at radius 3 is 2.57 bits per heavy atom. The lowest BCUT2D eigenvalue weighted by atomic mass is 10.1. The number of benzene rings is 1. The molecule has 0 spiro atoms. The van der Waals surface area contributed by atoms with Crippen molar-refractivity contribution < 1.29 is 13.9 Å². The largest absolute Gasteiger partial charge is 0.396 e. The molecule has 0 aromatic heterocycles. The summed E-state index contributed by atoms with van der Waals surface area (Å²) in [6.45, 7) is 1.52. The van der Waals surface area contributed by atoms with Crippen LogP contribution in [0.25, 0.3) is 0 Å². The first kappa shape index (κ1) is 11.6. The third-order valence-corrected chi connectivity index (χ3v) is 2.59. The Morgan fingerprint density at radius 2 is 2.00 bits per heavy atom. The molecule has 0 radical (unpaired) electrons. The second kappa shape index (κ2) is 4.84. The molecule has 78 valence electrons. The number of rotatable bonds is 3. The Morgan fingerprint density at radius 1 is 1.36 bits per heavy atom. The highest BCUT2D eigenvalue weighted by molar-refractivity contribution is 9.10. The first-order valence-electron chi connectivity index (χ1n) is 4.31. The van der Waals surface area contributed by atoms with E-state index in [-0.39, 0.29) is 23.1 Å². The minimum atomic E-state index is -0.568. The number of aliphatic hydroxyl groups is 1. The monoisotopic (exact) mass is 264 g/mol. The molecular weight excluding hydrogens is 254 g/mol. The summed E-state index contributed by atoms with van der Waals surface area (Å²) in [5, 5.41) is 8.59. The fourth-order valence-corrected chi connectivity index (χ4v) is 1.85. The molecule has 0 saturated heterocycles. The Hall–Kier alpha value is -0.480. The predicted molar refractivity (Wildman–Crippen MR) is 54.2 cm³/mol. The molecule has 1 aromatic carbocycles. The van der Waals surface area contributed by atoms with Gasteiger partial charge in [-0.1, -0.05) is 0 Å². The second-order valence-electron chi connectivity index (χ2n) is 3.11. The van der Waals surface area contributed by atoms with Crippen molar-refractivity contribution >= 4 is 15.9 Å². The van der Waals surface area contributed by atoms with Crippen molar-refractivity contribution in [3.05, 3.63) is 33.3 Å². The van der Waals surface area contributed by atoms with Gasteiger partial charge in [-0.15, -0.1) is 0 Å². The number of hydrogen-bond acceptors (Lipinski definition) is 1. The molecular formula is C10H11BrF2O. The van der Waals surface area contributed by atoms with E-state index in [9.17, 15) is 8.78 Å². The van der Waals surface area contributed by atoms with Gasteiger partial charge in [-0.25, -0.2) is 8.78 Å². The van der Waals surface area contributed by atoms with Crippen molar-refractivity contribution in [3.63, 3.8) is 0 Å². The van der Waals surface area contributed by atoms with Crippen molar-refractivity contribution in [3.8, 4) is 0 Å². The Balaban J connectivity index is 3.11. The first-order valence-corrected chi connectivity index (χ1v) is 5.11. The van der Waals surface area contributed by atoms with Crippen LogP contribution >= 0.6 is 15.9 Å². The van der Waals surface area contributed by atoms with Crippen LogP contribution in [0, 0.1) is 18.6 Å². The van der Waals surface area contributed by atoms with Crippen molar-refractivity contribution in [2.24, 2.45) is 0 Å². The zero-order valence-corrected chi connectivity index (χ0v) is 9.37. The van der Waals surface area contributed by atoms with Crippen LogP contribution in [-0.4, -0.2) is 11.7 Å². The summed E-state index contributed by atoms with van der Waals surface area (Å²) in [5.74, 6) is -1.08. The van der Waals surface area contributed by atoms with Crippen LogP contribution in [0.2, 0.25) is 0 Å². The standard InChI is InChI=1S/C10H11BrF2O/c1-6-5-8(11)10(13)7(9(6)12)3-2-4-14/h5,14H,2-4H2,1H3. The molecule has 0 heterocycles. The van der Waals surface area contributed by atoms with Crippen LogP contribution < -0.4 is 0 Å². The van der Waals surface area contributed by atoms with Gasteiger partial charge in [0.25, 0.3) is 0 Å². The summed E-state index contributed by atoms with van der Waals surface area (Å²) < 4.78 is 27.1. The number of halogens is 3. The van der Waals surface area contributed by atoms with Gasteiger partial charge in [0, 0.05) is 12.2 Å². The topological polar surface area (TPSA) is 20.2 Å². The Kier molecular flexibility index (Phi) is 4.01. The zero-order chi connectivity index (χ0) is 10.7. The van der Waals surface area contributed by atoms with Gasteiger partial charge in [0.1, 0.15) is 11.6 Å². The highest BCUT2D eigenvalue weighted by atomic mass is 79.9. The summed E-state index contributed by atoms with van der Waals surface area (Å²) in [6, 6.07) is 1.41. The number of aliphatic hydroxyl groups excluding tert-OH is 1. The molecule has 0 aliphatic rings. The summed E-state index contributed by atoms with van der Waals surface area (Å²) in [6.07, 6.45) is 0.582. The van der Waals surface area contributed by atoms with Crippen LogP contribution in [0.15, 0.2) is 10.5 Å². The van der Waals surface area contributed by atoms with Gasteiger partial charge >= 0.3 is 0 Å². The SMILES string of the molecule is Cc1cc(Br)c(F)c(CCCO)c1F. The number of aryl methyl sites for hydroxylation is 1. The van der Waals surface area contributed by atoms with Gasteiger partial charge in [-0.2, -0.15) is 0 Å². The third-order valence-electron chi connectivity index (χ3n) is 2.01. The average molecular weight is 265 g/mol. The molecule has 1 N–H and O–H groups in total. The zero-order valence-electron chi connectivity index (χ0n) is 7.78. The number of hydrogen-bond donors (Lipinski definition) is 1. The molecule has 0 unspecified atom stereocenters. The average Bonchev–Trinajstić information content (AvgIpc) is 2.15. The minimum Gasteiger partial charge on any atom is -0.396 e. The normalized spacial score (nSPS) is 10.6. The fourth-order valence-electron chi connectivity index (χ4n) is 1.27. The molecule has 0 amide bonds. The molecule has 0 aliphatic carbocycles. The lowest BCUT2D eigenvalue weighted by Gasteiger charge is -2.08. The quantitative estimate of drug-likeness (QED) is 0.833. The van der Waals surface area contributed by atoms with Gasteiger partial charge in [-0.3, -0.25) is 0 Å². The first-order chi connectivity index (χ1) is 6.57. The molecule has 1 rings (SSSR count). The minimum absolute atomic E-state index is 0.0472. The molecule has 0 bridgehead atoms. The van der Waals surface area contributed by atoms with Gasteiger partial charge in [0.15, 0.2) is 0 Å². The summed E-state index contributed by atoms with van der Waals surface area (Å²) >= 11 is 3.02. The van der Waals surface area contributed by atoms with Gasteiger partial charge in [-0.05, 0) is 47.3 Å². The maximum Gasteiger partial charge on any atom is 0.143 e. The van der Waals surface area contributed by atoms with Gasteiger partial charge < -0.3 is 5.11 Å². The van der Waals surface area contributed by atoms with E-state index in [0.717, 1.165) is 0 Å². The van der Waals surface area contributed by atoms with Crippen molar-refractivity contribution in [2.75, 3.05) is 6.61 Å². The molecule has 4 heteroatoms. The van der Waals surface area contributed by atoms with Crippen LogP contribution in [0.1, 0.15) is 17.5 Å². The predicted octanol–water partition coefficient (Wildman–Crippen LogP) is 2.96. The lowest BCUT2D eigenvalue weighted by molar-refractivity contribution is 0.287. The van der Waals surface area contributed by atoms with Crippen molar-refractivity contribution in [1.29, 1.82) is 0 Å². The molecule has 0 fully saturated rings. The van der Waals surface area contributed by atoms with Gasteiger partial charge in [0.2, 0.25) is 0 Å². The van der Waals surface area contributed by atoms with Crippen LogP contribution in [-0.2, 0) is 6.42 Å². The molecule has 1 aromatic rings. The van der Waals surface area contributed by atoms with E-state index < -0.39 is 11.6 Å².